The average Bonchev–Trinajstić information content (AvgIpc) is 3.63. The molecule has 304 valence electrons. The Labute approximate surface area is 324 Å². The number of phosphoric acid groups is 1. The summed E-state index contributed by atoms with van der Waals surface area (Å²) < 4.78 is 41.2. The van der Waals surface area contributed by atoms with Crippen LogP contribution in [0.2, 0.25) is 0 Å². The second-order valence-electron chi connectivity index (χ2n) is 13.6. The van der Waals surface area contributed by atoms with Crippen molar-refractivity contribution in [3.63, 3.8) is 0 Å². The first-order chi connectivity index (χ1) is 26.7. The van der Waals surface area contributed by atoms with E-state index in [1.807, 2.05) is 6.07 Å². The molecule has 0 aliphatic rings. The van der Waals surface area contributed by atoms with Crippen molar-refractivity contribution in [2.24, 2.45) is 0 Å². The van der Waals surface area contributed by atoms with Gasteiger partial charge in [-0.2, -0.15) is 15.6 Å². The van der Waals surface area contributed by atoms with Crippen molar-refractivity contribution in [3.05, 3.63) is 48.0 Å². The second kappa shape index (κ2) is 26.1. The summed E-state index contributed by atoms with van der Waals surface area (Å²) in [5.74, 6) is 0.292. The molecule has 16 nitrogen and oxygen atoms in total. The van der Waals surface area contributed by atoms with E-state index in [0.717, 1.165) is 19.3 Å². The van der Waals surface area contributed by atoms with Gasteiger partial charge in [-0.25, -0.2) is 19.0 Å². The van der Waals surface area contributed by atoms with Gasteiger partial charge in [-0.05, 0) is 24.6 Å². The van der Waals surface area contributed by atoms with Crippen molar-refractivity contribution < 1.29 is 42.9 Å². The molecule has 0 amide bonds. The predicted octanol–water partition coefficient (Wildman–Crippen LogP) is 6.70. The number of phosphoric ester groups is 1. The quantitative estimate of drug-likeness (QED) is 0.0301. The SMILES string of the molecule is CCCCCCCCCCCCCCCCCCOC[C@H](COc1ccc(C#N)cn1)OP(=O)(O)OC[C@@H](OC#N)[C@@H](O)[C@@H](O)c1ccc2c(N)ncnn12. The summed E-state index contributed by atoms with van der Waals surface area (Å²) in [6, 6.07) is 7.94. The Balaban J connectivity index is 1.42. The van der Waals surface area contributed by atoms with Gasteiger partial charge in [0, 0.05) is 18.9 Å². The fraction of sp³-hybridized carbons (Fsp3) is 0.658. The fourth-order valence-electron chi connectivity index (χ4n) is 6.02. The maximum Gasteiger partial charge on any atom is 0.472 e. The van der Waals surface area contributed by atoms with Gasteiger partial charge in [0.25, 0.3) is 6.26 Å². The lowest BCUT2D eigenvalue weighted by Crippen LogP contribution is -2.37. The first-order valence-electron chi connectivity index (χ1n) is 19.4. The van der Waals surface area contributed by atoms with Crippen molar-refractivity contribution in [3.8, 4) is 18.2 Å². The largest absolute Gasteiger partial charge is 0.475 e. The van der Waals surface area contributed by atoms with Gasteiger partial charge in [0.1, 0.15) is 42.8 Å². The van der Waals surface area contributed by atoms with Crippen molar-refractivity contribution in [1.29, 1.82) is 10.5 Å². The van der Waals surface area contributed by atoms with Gasteiger partial charge < -0.3 is 35.1 Å². The van der Waals surface area contributed by atoms with Crippen LogP contribution in [-0.4, -0.2) is 79.4 Å². The molecular weight excluding hydrogens is 729 g/mol. The number of aliphatic hydroxyl groups is 2. The molecule has 17 heteroatoms. The van der Waals surface area contributed by atoms with E-state index in [-0.39, 0.29) is 30.6 Å². The minimum absolute atomic E-state index is 0.0988. The van der Waals surface area contributed by atoms with Gasteiger partial charge in [0.2, 0.25) is 5.88 Å². The Hall–Kier alpha value is -3.86. The van der Waals surface area contributed by atoms with Gasteiger partial charge in [0.15, 0.2) is 11.9 Å². The molecule has 0 bridgehead atoms. The van der Waals surface area contributed by atoms with Crippen LogP contribution in [0.5, 0.6) is 5.88 Å². The van der Waals surface area contributed by atoms with Crippen LogP contribution < -0.4 is 10.5 Å². The zero-order valence-electron chi connectivity index (χ0n) is 31.9. The molecule has 3 heterocycles. The number of pyridine rings is 1. The second-order valence-corrected chi connectivity index (χ2v) is 15.0. The number of unbranched alkanes of at least 4 members (excludes halogenated alkanes) is 15. The van der Waals surface area contributed by atoms with Crippen molar-refractivity contribution in [2.75, 3.05) is 32.2 Å². The Bertz CT molecular complexity index is 1630. The molecule has 0 radical (unpaired) electrons. The number of nitrogens with two attached hydrogens (primary N) is 1. The number of aromatic nitrogens is 4. The number of fused-ring (bicyclic) bond motifs is 1. The first-order valence-corrected chi connectivity index (χ1v) is 20.9. The van der Waals surface area contributed by atoms with Gasteiger partial charge >= 0.3 is 7.82 Å². The Morgan fingerprint density at radius 3 is 2.07 bits per heavy atom. The van der Waals surface area contributed by atoms with Gasteiger partial charge in [-0.15, -0.1) is 0 Å². The molecule has 0 aliphatic heterocycles. The molecular formula is C38H58N7O9P. The summed E-state index contributed by atoms with van der Waals surface area (Å²) in [4.78, 5) is 18.5. The molecule has 0 aromatic carbocycles. The number of hydrogen-bond acceptors (Lipinski definition) is 14. The highest BCUT2D eigenvalue weighted by molar-refractivity contribution is 7.47. The third-order valence-electron chi connectivity index (χ3n) is 9.14. The maximum atomic E-state index is 13.1. The maximum absolute atomic E-state index is 13.1. The highest BCUT2D eigenvalue weighted by atomic mass is 31.2. The van der Waals surface area contributed by atoms with Gasteiger partial charge in [-0.3, -0.25) is 9.05 Å². The van der Waals surface area contributed by atoms with E-state index in [2.05, 4.69) is 22.0 Å². The molecule has 3 rings (SSSR count). The van der Waals surface area contributed by atoms with Crippen LogP contribution in [0.1, 0.15) is 127 Å². The Morgan fingerprint density at radius 2 is 1.49 bits per heavy atom. The molecule has 0 aliphatic carbocycles. The molecule has 0 fully saturated rings. The summed E-state index contributed by atoms with van der Waals surface area (Å²) in [5.41, 5.74) is 6.64. The van der Waals surface area contributed by atoms with Crippen LogP contribution in [0.4, 0.5) is 5.82 Å². The van der Waals surface area contributed by atoms with Crippen LogP contribution in [-0.2, 0) is 23.1 Å². The van der Waals surface area contributed by atoms with Crippen LogP contribution in [0, 0.1) is 22.8 Å². The summed E-state index contributed by atoms with van der Waals surface area (Å²) in [5, 5.41) is 44.0. The normalized spacial score (nSPS) is 14.7. The highest BCUT2D eigenvalue weighted by Crippen LogP contribution is 2.45. The molecule has 5 atom stereocenters. The minimum Gasteiger partial charge on any atom is -0.475 e. The van der Waals surface area contributed by atoms with Crippen LogP contribution in [0.25, 0.3) is 5.52 Å². The molecule has 0 saturated carbocycles. The molecule has 1 unspecified atom stereocenters. The standard InChI is InChI=1S/C38H58N7O9P/c1-2-3-4-5-6-7-8-9-10-11-12-13-14-15-16-17-22-50-25-31(26-51-35-21-18-30(23-39)24-42-35)54-55(48,49)53-27-34(52-28-40)37(47)36(46)32-19-20-33-38(41)43-29-44-45(32)33/h18-21,24,29,31,34,36-37,46-47H,2-17,22,25-27H2,1H3,(H,48,49)(H2,41,43,44)/t31-,34-,36+,37-/m1/s1. The molecule has 0 spiro atoms. The smallest absolute Gasteiger partial charge is 0.472 e. The Kier molecular flexibility index (Phi) is 21.6. The average molecular weight is 788 g/mol. The van der Waals surface area contributed by atoms with E-state index in [1.165, 1.54) is 131 Å². The van der Waals surface area contributed by atoms with Crippen molar-refractivity contribution in [2.45, 2.75) is 134 Å². The number of nitriles is 2. The molecule has 3 aromatic heterocycles. The third-order valence-corrected chi connectivity index (χ3v) is 10.2. The van der Waals surface area contributed by atoms with Crippen LogP contribution in [0.15, 0.2) is 36.8 Å². The van der Waals surface area contributed by atoms with E-state index < -0.39 is 38.8 Å². The number of nitrogens with zero attached hydrogens (tertiary/aromatic N) is 6. The van der Waals surface area contributed by atoms with Crippen molar-refractivity contribution >= 4 is 19.2 Å². The number of ether oxygens (including phenoxy) is 3. The van der Waals surface area contributed by atoms with Crippen molar-refractivity contribution in [1.82, 2.24) is 19.6 Å². The molecule has 3 aromatic rings. The molecule has 0 saturated heterocycles. The summed E-state index contributed by atoms with van der Waals surface area (Å²) in [7, 11) is -4.88. The zero-order chi connectivity index (χ0) is 39.7. The predicted molar refractivity (Wildman–Crippen MR) is 204 cm³/mol. The third kappa shape index (κ3) is 17.2. The number of hydrogen-bond donors (Lipinski definition) is 4. The van der Waals surface area contributed by atoms with E-state index in [9.17, 15) is 24.9 Å². The lowest BCUT2D eigenvalue weighted by molar-refractivity contribution is -0.0816. The minimum atomic E-state index is -4.88. The lowest BCUT2D eigenvalue weighted by Gasteiger charge is -2.26. The lowest BCUT2D eigenvalue weighted by atomic mass is 10.0. The monoisotopic (exact) mass is 787 g/mol. The molecule has 55 heavy (non-hydrogen) atoms. The van der Waals surface area contributed by atoms with E-state index >= 15 is 0 Å². The van der Waals surface area contributed by atoms with Gasteiger partial charge in [-0.1, -0.05) is 103 Å². The summed E-state index contributed by atoms with van der Waals surface area (Å²) in [6.45, 7) is 1.47. The van der Waals surface area contributed by atoms with E-state index in [0.29, 0.717) is 17.7 Å². The number of nitrogen functional groups attached to an aromatic ring is 1. The van der Waals surface area contributed by atoms with E-state index in [4.69, 9.17) is 34.3 Å². The highest BCUT2D eigenvalue weighted by Gasteiger charge is 2.35. The topological polar surface area (TPSA) is 241 Å². The van der Waals surface area contributed by atoms with E-state index in [1.54, 1.807) is 0 Å². The number of anilines is 1. The Morgan fingerprint density at radius 1 is 0.855 bits per heavy atom. The summed E-state index contributed by atoms with van der Waals surface area (Å²) in [6.07, 6.45) is 17.8. The van der Waals surface area contributed by atoms with Gasteiger partial charge in [0.05, 0.1) is 24.5 Å². The van der Waals surface area contributed by atoms with Crippen LogP contribution >= 0.6 is 7.82 Å². The van der Waals surface area contributed by atoms with Crippen LogP contribution in [0.3, 0.4) is 0 Å². The molecule has 5 N–H and O–H groups in total. The number of aliphatic hydroxyl groups excluding tert-OH is 2. The number of rotatable bonds is 31. The fourth-order valence-corrected chi connectivity index (χ4v) is 6.91. The summed E-state index contributed by atoms with van der Waals surface area (Å²) >= 11 is 0. The zero-order valence-corrected chi connectivity index (χ0v) is 32.8. The first kappa shape index (κ1) is 45.5.